The van der Waals surface area contributed by atoms with Crippen molar-refractivity contribution in [3.05, 3.63) is 107 Å². The van der Waals surface area contributed by atoms with E-state index in [0.717, 1.165) is 10.0 Å². The molecule has 0 bridgehead atoms. The van der Waals surface area contributed by atoms with Crippen LogP contribution in [0.15, 0.2) is 69.0 Å². The van der Waals surface area contributed by atoms with Gasteiger partial charge in [-0.15, -0.1) is 0 Å². The second-order valence-corrected chi connectivity index (χ2v) is 11.0. The maximum Gasteiger partial charge on any atom is 0.282 e. The van der Waals surface area contributed by atoms with Crippen molar-refractivity contribution < 1.29 is 9.66 Å². The molecule has 0 atom stereocenters. The normalized spacial score (nSPS) is 11.8. The molecule has 0 aliphatic carbocycles. The minimum atomic E-state index is -0.520. The van der Waals surface area contributed by atoms with Crippen molar-refractivity contribution in [1.29, 1.82) is 0 Å². The van der Waals surface area contributed by atoms with Gasteiger partial charge in [-0.2, -0.15) is 9.78 Å². The first-order valence-corrected chi connectivity index (χ1v) is 12.6. The zero-order valence-corrected chi connectivity index (χ0v) is 23.1. The first kappa shape index (κ1) is 26.8. The van der Waals surface area contributed by atoms with Gasteiger partial charge in [-0.05, 0) is 42.0 Å². The van der Waals surface area contributed by atoms with Crippen molar-refractivity contribution in [3.63, 3.8) is 0 Å². The lowest BCUT2D eigenvalue weighted by Crippen LogP contribution is -2.29. The summed E-state index contributed by atoms with van der Waals surface area (Å²) in [5.41, 5.74) is 0.587. The van der Waals surface area contributed by atoms with Gasteiger partial charge in [-0.3, -0.25) is 14.9 Å². The molecule has 8 nitrogen and oxygen atoms in total. The van der Waals surface area contributed by atoms with Crippen LogP contribution in [0.5, 0.6) is 5.75 Å². The van der Waals surface area contributed by atoms with Crippen LogP contribution < -0.4 is 10.3 Å². The summed E-state index contributed by atoms with van der Waals surface area (Å²) in [5, 5.41) is 17.0. The van der Waals surface area contributed by atoms with E-state index in [1.165, 1.54) is 29.1 Å². The average molecular weight is 604 g/mol. The van der Waals surface area contributed by atoms with E-state index in [2.05, 4.69) is 26.0 Å². The number of halogens is 3. The summed E-state index contributed by atoms with van der Waals surface area (Å²) in [7, 11) is 0. The first-order valence-electron chi connectivity index (χ1n) is 11.1. The van der Waals surface area contributed by atoms with Gasteiger partial charge < -0.3 is 4.74 Å². The average Bonchev–Trinajstić information content (AvgIpc) is 2.84. The van der Waals surface area contributed by atoms with Gasteiger partial charge in [0.2, 0.25) is 0 Å². The molecular formula is C26H21BrCl2N4O4. The Balaban J connectivity index is 1.79. The van der Waals surface area contributed by atoms with Crippen LogP contribution in [0.4, 0.5) is 5.69 Å². The monoisotopic (exact) mass is 602 g/mol. The highest BCUT2D eigenvalue weighted by atomic mass is 79.9. The molecule has 0 fully saturated rings. The van der Waals surface area contributed by atoms with Crippen LogP contribution in [0.3, 0.4) is 0 Å². The van der Waals surface area contributed by atoms with Gasteiger partial charge in [-0.25, -0.2) is 4.98 Å². The second-order valence-electron chi connectivity index (χ2n) is 9.22. The molecule has 0 aliphatic rings. The zero-order valence-electron chi connectivity index (χ0n) is 20.0. The van der Waals surface area contributed by atoms with Crippen molar-refractivity contribution in [2.45, 2.75) is 32.8 Å². The Bertz CT molecular complexity index is 1610. The molecule has 0 N–H and O–H groups in total. The number of non-ortho nitro benzene ring substituents is 1. The Kier molecular flexibility index (Phi) is 7.68. The largest absolute Gasteiger partial charge is 0.488 e. The number of nitrogens with zero attached hydrogens (tertiary/aromatic N) is 4. The molecular weight excluding hydrogens is 583 g/mol. The number of aromatic nitrogens is 2. The summed E-state index contributed by atoms with van der Waals surface area (Å²) < 4.78 is 7.88. The van der Waals surface area contributed by atoms with Gasteiger partial charge in [-0.1, -0.05) is 66.0 Å². The third kappa shape index (κ3) is 6.01. The predicted molar refractivity (Wildman–Crippen MR) is 149 cm³/mol. The van der Waals surface area contributed by atoms with Crippen LogP contribution >= 0.6 is 39.1 Å². The van der Waals surface area contributed by atoms with E-state index in [0.29, 0.717) is 38.1 Å². The highest BCUT2D eigenvalue weighted by Crippen LogP contribution is 2.27. The molecule has 1 aromatic heterocycles. The number of nitro benzene ring substituents is 1. The van der Waals surface area contributed by atoms with Gasteiger partial charge in [0.25, 0.3) is 11.2 Å². The summed E-state index contributed by atoms with van der Waals surface area (Å²) in [5.74, 6) is 0.773. The molecule has 0 spiro atoms. The van der Waals surface area contributed by atoms with E-state index in [4.69, 9.17) is 27.9 Å². The molecule has 4 rings (SSSR count). The zero-order chi connectivity index (χ0) is 26.9. The Hall–Kier alpha value is -3.27. The molecule has 0 radical (unpaired) electrons. The van der Waals surface area contributed by atoms with E-state index < -0.39 is 10.3 Å². The summed E-state index contributed by atoms with van der Waals surface area (Å²) in [4.78, 5) is 29.0. The fourth-order valence-electron chi connectivity index (χ4n) is 3.53. The molecule has 0 saturated heterocycles. The molecule has 0 aliphatic heterocycles. The van der Waals surface area contributed by atoms with E-state index in [-0.39, 0.29) is 17.9 Å². The fourth-order valence-corrected chi connectivity index (χ4v) is 4.22. The van der Waals surface area contributed by atoms with E-state index in [1.807, 2.05) is 26.8 Å². The summed E-state index contributed by atoms with van der Waals surface area (Å²) in [6.45, 7) is 5.90. The van der Waals surface area contributed by atoms with Crippen molar-refractivity contribution >= 4 is 61.9 Å². The molecule has 3 aromatic carbocycles. The summed E-state index contributed by atoms with van der Waals surface area (Å²) in [6, 6.07) is 14.5. The molecule has 0 amide bonds. The molecule has 4 aromatic rings. The van der Waals surface area contributed by atoms with Crippen LogP contribution in [-0.2, 0) is 12.0 Å². The van der Waals surface area contributed by atoms with E-state index in [1.54, 1.807) is 30.3 Å². The van der Waals surface area contributed by atoms with Crippen molar-refractivity contribution in [2.75, 3.05) is 0 Å². The Morgan fingerprint density at radius 2 is 1.86 bits per heavy atom. The fraction of sp³-hybridized carbons (Fsp3) is 0.192. The smallest absolute Gasteiger partial charge is 0.282 e. The summed E-state index contributed by atoms with van der Waals surface area (Å²) in [6.07, 6.45) is 1.36. The lowest BCUT2D eigenvalue weighted by atomic mass is 9.95. The topological polar surface area (TPSA) is 99.6 Å². The third-order valence-electron chi connectivity index (χ3n) is 5.37. The van der Waals surface area contributed by atoms with Crippen molar-refractivity contribution in [3.8, 4) is 5.75 Å². The van der Waals surface area contributed by atoms with Gasteiger partial charge in [0.05, 0.1) is 32.1 Å². The number of nitro groups is 1. The summed E-state index contributed by atoms with van der Waals surface area (Å²) >= 11 is 15.5. The number of benzene rings is 3. The quantitative estimate of drug-likeness (QED) is 0.133. The minimum Gasteiger partial charge on any atom is -0.488 e. The molecule has 37 heavy (non-hydrogen) atoms. The number of ether oxygens (including phenoxy) is 1. The number of hydrogen-bond acceptors (Lipinski definition) is 6. The van der Waals surface area contributed by atoms with Gasteiger partial charge in [0.15, 0.2) is 0 Å². The molecule has 11 heteroatoms. The minimum absolute atomic E-state index is 0.133. The van der Waals surface area contributed by atoms with Gasteiger partial charge >= 0.3 is 0 Å². The first-order chi connectivity index (χ1) is 17.4. The van der Waals surface area contributed by atoms with E-state index >= 15 is 0 Å². The third-order valence-corrected chi connectivity index (χ3v) is 6.61. The lowest BCUT2D eigenvalue weighted by molar-refractivity contribution is -0.384. The molecule has 190 valence electrons. The highest BCUT2D eigenvalue weighted by molar-refractivity contribution is 9.10. The maximum atomic E-state index is 13.4. The Morgan fingerprint density at radius 1 is 1.11 bits per heavy atom. The predicted octanol–water partition coefficient (Wildman–Crippen LogP) is 7.13. The molecule has 1 heterocycles. The lowest BCUT2D eigenvalue weighted by Gasteiger charge is -2.21. The SMILES string of the molecule is CC(C)(C)c1nc2ccc(Br)cc2c(=O)n1N=Cc1cc([N+](=O)[O-])ccc1OCc1ccc(Cl)c(Cl)c1. The maximum absolute atomic E-state index is 13.4. The van der Waals surface area contributed by atoms with Gasteiger partial charge in [0.1, 0.15) is 18.2 Å². The van der Waals surface area contributed by atoms with Crippen LogP contribution in [0.25, 0.3) is 10.9 Å². The number of hydrogen-bond donors (Lipinski definition) is 0. The Morgan fingerprint density at radius 3 is 2.54 bits per heavy atom. The van der Waals surface area contributed by atoms with Crippen molar-refractivity contribution in [2.24, 2.45) is 5.10 Å². The molecule has 0 saturated carbocycles. The molecule has 0 unspecified atom stereocenters. The van der Waals surface area contributed by atoms with Crippen LogP contribution in [0.2, 0.25) is 10.0 Å². The van der Waals surface area contributed by atoms with Gasteiger partial charge in [0, 0.05) is 27.6 Å². The van der Waals surface area contributed by atoms with Crippen LogP contribution in [-0.4, -0.2) is 20.8 Å². The Labute approximate surface area is 230 Å². The van der Waals surface area contributed by atoms with Crippen LogP contribution in [0.1, 0.15) is 37.7 Å². The second kappa shape index (κ2) is 10.6. The standard InChI is InChI=1S/C26H21BrCl2N4O4/c1-26(2,3)25-31-22-8-5-17(27)12-19(22)24(34)32(25)30-13-16-11-18(33(35)36)6-9-23(16)37-14-15-4-7-20(28)21(29)10-15/h4-13H,14H2,1-3H3. The van der Waals surface area contributed by atoms with E-state index in [9.17, 15) is 14.9 Å². The number of rotatable bonds is 6. The number of fused-ring (bicyclic) bond motifs is 1. The highest BCUT2D eigenvalue weighted by Gasteiger charge is 2.23. The van der Waals surface area contributed by atoms with Crippen molar-refractivity contribution in [1.82, 2.24) is 9.66 Å². The van der Waals surface area contributed by atoms with Crippen LogP contribution in [0, 0.1) is 10.1 Å².